The van der Waals surface area contributed by atoms with Crippen molar-refractivity contribution in [1.82, 2.24) is 5.32 Å². The highest BCUT2D eigenvalue weighted by Crippen LogP contribution is 2.14. The number of amides is 1. The SMILES string of the molecule is CCC(NC(=O)c1ccc(Cl)cc1F)/C(N)=N/O. The van der Waals surface area contributed by atoms with E-state index in [0.29, 0.717) is 6.42 Å². The lowest BCUT2D eigenvalue weighted by Gasteiger charge is -2.15. The summed E-state index contributed by atoms with van der Waals surface area (Å²) < 4.78 is 13.5. The number of nitrogens with one attached hydrogen (secondary N) is 1. The zero-order chi connectivity index (χ0) is 13.7. The molecular weight excluding hydrogens is 261 g/mol. The zero-order valence-electron chi connectivity index (χ0n) is 9.65. The first kappa shape index (κ1) is 14.2. The van der Waals surface area contributed by atoms with Gasteiger partial charge in [0, 0.05) is 5.02 Å². The van der Waals surface area contributed by atoms with E-state index in [-0.39, 0.29) is 16.4 Å². The van der Waals surface area contributed by atoms with Crippen molar-refractivity contribution in [1.29, 1.82) is 0 Å². The number of hydrogen-bond acceptors (Lipinski definition) is 3. The number of halogens is 2. The van der Waals surface area contributed by atoms with E-state index in [1.54, 1.807) is 6.92 Å². The first-order chi connectivity index (χ1) is 8.49. The summed E-state index contributed by atoms with van der Waals surface area (Å²) in [6.45, 7) is 1.74. The first-order valence-electron chi connectivity index (χ1n) is 5.23. The van der Waals surface area contributed by atoms with Crippen LogP contribution in [0.2, 0.25) is 5.02 Å². The van der Waals surface area contributed by atoms with E-state index in [2.05, 4.69) is 10.5 Å². The molecule has 1 unspecified atom stereocenters. The molecule has 0 fully saturated rings. The maximum atomic E-state index is 13.5. The van der Waals surface area contributed by atoms with Crippen molar-refractivity contribution >= 4 is 23.3 Å². The van der Waals surface area contributed by atoms with E-state index < -0.39 is 17.8 Å². The number of nitrogens with two attached hydrogens (primary N) is 1. The van der Waals surface area contributed by atoms with Crippen LogP contribution in [0.1, 0.15) is 23.7 Å². The van der Waals surface area contributed by atoms with Gasteiger partial charge in [0.2, 0.25) is 0 Å². The highest BCUT2D eigenvalue weighted by Gasteiger charge is 2.18. The van der Waals surface area contributed by atoms with Crippen LogP contribution in [-0.4, -0.2) is 23.0 Å². The van der Waals surface area contributed by atoms with Crippen LogP contribution >= 0.6 is 11.6 Å². The monoisotopic (exact) mass is 273 g/mol. The molecule has 0 saturated carbocycles. The van der Waals surface area contributed by atoms with E-state index in [1.165, 1.54) is 12.1 Å². The average molecular weight is 274 g/mol. The number of oxime groups is 1. The van der Waals surface area contributed by atoms with Gasteiger partial charge in [-0.25, -0.2) is 4.39 Å². The Balaban J connectivity index is 2.88. The molecular formula is C11H13ClFN3O2. The minimum absolute atomic E-state index is 0.139. The molecule has 1 atom stereocenters. The van der Waals surface area contributed by atoms with Crippen LogP contribution in [0.3, 0.4) is 0 Å². The third-order valence-corrected chi connectivity index (χ3v) is 2.60. The summed E-state index contributed by atoms with van der Waals surface area (Å²) in [7, 11) is 0. The lowest BCUT2D eigenvalue weighted by Crippen LogP contribution is -2.44. The summed E-state index contributed by atoms with van der Waals surface area (Å²) in [5.41, 5.74) is 5.24. The van der Waals surface area contributed by atoms with Crippen LogP contribution in [0, 0.1) is 5.82 Å². The molecule has 4 N–H and O–H groups in total. The standard InChI is InChI=1S/C11H13ClFN3O2/c1-2-9(10(14)16-18)15-11(17)7-4-3-6(12)5-8(7)13/h3-5,9,18H,2H2,1H3,(H2,14,16)(H,15,17). The van der Waals surface area contributed by atoms with Gasteiger partial charge in [0.15, 0.2) is 5.84 Å². The van der Waals surface area contributed by atoms with Crippen molar-refractivity contribution < 1.29 is 14.4 Å². The molecule has 0 aliphatic rings. The summed E-state index contributed by atoms with van der Waals surface area (Å²) in [6.07, 6.45) is 0.414. The number of carbonyl (C=O) groups excluding carboxylic acids is 1. The van der Waals surface area contributed by atoms with Gasteiger partial charge >= 0.3 is 0 Å². The van der Waals surface area contributed by atoms with E-state index in [1.807, 2.05) is 0 Å². The van der Waals surface area contributed by atoms with Gasteiger partial charge in [0.25, 0.3) is 5.91 Å². The summed E-state index contributed by atoms with van der Waals surface area (Å²) in [6, 6.07) is 3.06. The molecule has 0 aromatic heterocycles. The Kier molecular flexibility index (Phi) is 4.91. The van der Waals surface area contributed by atoms with E-state index in [9.17, 15) is 9.18 Å². The molecule has 0 spiro atoms. The van der Waals surface area contributed by atoms with Crippen molar-refractivity contribution in [2.75, 3.05) is 0 Å². The van der Waals surface area contributed by atoms with Gasteiger partial charge in [-0.05, 0) is 24.6 Å². The molecule has 0 aliphatic carbocycles. The fraction of sp³-hybridized carbons (Fsp3) is 0.273. The molecule has 5 nitrogen and oxygen atoms in total. The number of nitrogens with zero attached hydrogens (tertiary/aromatic N) is 1. The predicted molar refractivity (Wildman–Crippen MR) is 66.4 cm³/mol. The number of carbonyl (C=O) groups is 1. The number of hydrogen-bond donors (Lipinski definition) is 3. The lowest BCUT2D eigenvalue weighted by molar-refractivity contribution is 0.0941. The van der Waals surface area contributed by atoms with Crippen molar-refractivity contribution in [3.8, 4) is 0 Å². The van der Waals surface area contributed by atoms with Crippen LogP contribution in [0.5, 0.6) is 0 Å². The highest BCUT2D eigenvalue weighted by molar-refractivity contribution is 6.30. The van der Waals surface area contributed by atoms with Gasteiger partial charge in [0.05, 0.1) is 11.6 Å². The number of benzene rings is 1. The molecule has 0 heterocycles. The minimum atomic E-state index is -0.727. The molecule has 18 heavy (non-hydrogen) atoms. The maximum absolute atomic E-state index is 13.5. The number of amidine groups is 1. The first-order valence-corrected chi connectivity index (χ1v) is 5.60. The molecule has 1 aromatic rings. The Morgan fingerprint density at radius 2 is 2.33 bits per heavy atom. The van der Waals surface area contributed by atoms with Crippen molar-refractivity contribution in [3.05, 3.63) is 34.6 Å². The van der Waals surface area contributed by atoms with Gasteiger partial charge in [-0.1, -0.05) is 23.7 Å². The Labute approximate surface area is 108 Å². The van der Waals surface area contributed by atoms with Crippen LogP contribution in [0.15, 0.2) is 23.4 Å². The topological polar surface area (TPSA) is 87.7 Å². The summed E-state index contributed by atoms with van der Waals surface area (Å²) in [5.74, 6) is -1.52. The Hall–Kier alpha value is -1.82. The fourth-order valence-corrected chi connectivity index (χ4v) is 1.52. The van der Waals surface area contributed by atoms with Gasteiger partial charge in [-0.2, -0.15) is 0 Å². The quantitative estimate of drug-likeness (QED) is 0.338. The highest BCUT2D eigenvalue weighted by atomic mass is 35.5. The molecule has 0 radical (unpaired) electrons. The predicted octanol–water partition coefficient (Wildman–Crippen LogP) is 1.73. The van der Waals surface area contributed by atoms with Crippen LogP contribution in [-0.2, 0) is 0 Å². The molecule has 98 valence electrons. The third-order valence-electron chi connectivity index (χ3n) is 2.36. The van der Waals surface area contributed by atoms with E-state index in [0.717, 1.165) is 6.07 Å². The van der Waals surface area contributed by atoms with Crippen molar-refractivity contribution in [3.63, 3.8) is 0 Å². The molecule has 1 rings (SSSR count). The Morgan fingerprint density at radius 1 is 1.67 bits per heavy atom. The number of rotatable bonds is 4. The van der Waals surface area contributed by atoms with Crippen LogP contribution < -0.4 is 11.1 Å². The zero-order valence-corrected chi connectivity index (χ0v) is 10.4. The van der Waals surface area contributed by atoms with E-state index >= 15 is 0 Å². The van der Waals surface area contributed by atoms with Gasteiger partial charge in [-0.3, -0.25) is 4.79 Å². The van der Waals surface area contributed by atoms with E-state index in [4.69, 9.17) is 22.5 Å². The van der Waals surface area contributed by atoms with Gasteiger partial charge < -0.3 is 16.3 Å². The summed E-state index contributed by atoms with van der Waals surface area (Å²) in [5, 5.41) is 14.0. The Bertz CT molecular complexity index is 479. The third kappa shape index (κ3) is 3.33. The average Bonchev–Trinajstić information content (AvgIpc) is 2.34. The smallest absolute Gasteiger partial charge is 0.254 e. The van der Waals surface area contributed by atoms with Crippen LogP contribution in [0.25, 0.3) is 0 Å². The summed E-state index contributed by atoms with van der Waals surface area (Å²) in [4.78, 5) is 11.8. The second-order valence-corrected chi connectivity index (χ2v) is 4.02. The molecule has 1 amide bonds. The van der Waals surface area contributed by atoms with Crippen LogP contribution in [0.4, 0.5) is 4.39 Å². The maximum Gasteiger partial charge on any atom is 0.254 e. The minimum Gasteiger partial charge on any atom is -0.409 e. The largest absolute Gasteiger partial charge is 0.409 e. The molecule has 1 aromatic carbocycles. The second kappa shape index (κ2) is 6.20. The second-order valence-electron chi connectivity index (χ2n) is 3.58. The van der Waals surface area contributed by atoms with Gasteiger partial charge in [-0.15, -0.1) is 0 Å². The molecule has 7 heteroatoms. The molecule has 0 saturated heterocycles. The normalized spacial score (nSPS) is 13.2. The Morgan fingerprint density at radius 3 is 2.83 bits per heavy atom. The van der Waals surface area contributed by atoms with Gasteiger partial charge in [0.1, 0.15) is 5.82 Å². The molecule has 0 bridgehead atoms. The lowest BCUT2D eigenvalue weighted by atomic mass is 10.1. The summed E-state index contributed by atoms with van der Waals surface area (Å²) >= 11 is 5.58. The fourth-order valence-electron chi connectivity index (χ4n) is 1.36. The van der Waals surface area contributed by atoms with Crippen molar-refractivity contribution in [2.24, 2.45) is 10.9 Å². The molecule has 0 aliphatic heterocycles. The van der Waals surface area contributed by atoms with Crippen molar-refractivity contribution in [2.45, 2.75) is 19.4 Å².